The fraction of sp³-hybridized carbons (Fsp3) is 0.391. The first kappa shape index (κ1) is 42.4. The average Bonchev–Trinajstić information content (AvgIpc) is 3.76. The Kier molecular flexibility index (Phi) is 14.3. The molecule has 1 aromatic heterocycles. The van der Waals surface area contributed by atoms with Crippen LogP contribution in [0.2, 0.25) is 0 Å². The maximum atomic E-state index is 12.8. The van der Waals surface area contributed by atoms with Gasteiger partial charge in [-0.25, -0.2) is 0 Å². The summed E-state index contributed by atoms with van der Waals surface area (Å²) in [5, 5.41) is 10.8. The highest BCUT2D eigenvalue weighted by atomic mass is 16.5. The fourth-order valence-electron chi connectivity index (χ4n) is 7.20. The lowest BCUT2D eigenvalue weighted by molar-refractivity contribution is 0.0935. The second-order valence-electron chi connectivity index (χ2n) is 14.3. The Morgan fingerprint density at radius 1 is 0.661 bits per heavy atom. The Morgan fingerprint density at radius 3 is 1.98 bits per heavy atom. The van der Waals surface area contributed by atoms with Crippen molar-refractivity contribution in [3.8, 4) is 68.6 Å². The van der Waals surface area contributed by atoms with Crippen LogP contribution in [-0.2, 0) is 0 Å². The summed E-state index contributed by atoms with van der Waals surface area (Å²) < 4.78 is 52.4. The lowest BCUT2D eigenvalue weighted by Crippen LogP contribution is -2.38. The van der Waals surface area contributed by atoms with Crippen LogP contribution < -0.4 is 48.5 Å². The van der Waals surface area contributed by atoms with Gasteiger partial charge >= 0.3 is 0 Å². The Hall–Kier alpha value is -6.24. The van der Waals surface area contributed by atoms with Gasteiger partial charge in [-0.15, -0.1) is 0 Å². The average molecular weight is 810 g/mol. The number of benzene rings is 4. The lowest BCUT2D eigenvalue weighted by Gasteiger charge is -2.28. The molecule has 0 bridgehead atoms. The number of aryl methyl sites for hydroxylation is 1. The van der Waals surface area contributed by atoms with E-state index in [-0.39, 0.29) is 18.2 Å². The van der Waals surface area contributed by atoms with Gasteiger partial charge in [0, 0.05) is 22.9 Å². The van der Waals surface area contributed by atoms with Crippen molar-refractivity contribution in [2.75, 3.05) is 54.6 Å². The van der Waals surface area contributed by atoms with Crippen molar-refractivity contribution in [3.63, 3.8) is 0 Å². The van der Waals surface area contributed by atoms with Crippen molar-refractivity contribution in [1.82, 2.24) is 10.5 Å². The van der Waals surface area contributed by atoms with Crippen molar-refractivity contribution in [3.05, 3.63) is 83.4 Å². The van der Waals surface area contributed by atoms with Gasteiger partial charge in [0.15, 0.2) is 40.3 Å². The molecule has 0 spiro atoms. The molecule has 13 nitrogen and oxygen atoms in total. The molecule has 0 aliphatic carbocycles. The van der Waals surface area contributed by atoms with E-state index in [1.54, 1.807) is 42.7 Å². The molecule has 1 aliphatic heterocycles. The van der Waals surface area contributed by atoms with E-state index >= 15 is 0 Å². The summed E-state index contributed by atoms with van der Waals surface area (Å²) >= 11 is 0. The van der Waals surface area contributed by atoms with Crippen molar-refractivity contribution in [1.29, 1.82) is 0 Å². The SMILES string of the molecule is CCCC(CCCCCCOc1ccc(C2NC(=O)c3cc(C)ccc3N2)cc1OC)Oc1c(OC)cc(-c2cc(-c3cc(OC)c(OC)c(OC)c3)no2)cc1OC. The van der Waals surface area contributed by atoms with Crippen molar-refractivity contribution < 1.29 is 47.2 Å². The Labute approximate surface area is 346 Å². The smallest absolute Gasteiger partial charge is 0.255 e. The number of amides is 1. The van der Waals surface area contributed by atoms with Crippen LogP contribution >= 0.6 is 0 Å². The highest BCUT2D eigenvalue weighted by Crippen LogP contribution is 2.45. The first-order valence-electron chi connectivity index (χ1n) is 19.9. The van der Waals surface area contributed by atoms with E-state index in [1.807, 2.05) is 73.7 Å². The minimum Gasteiger partial charge on any atom is -0.493 e. The number of nitrogens with one attached hydrogen (secondary N) is 2. The number of unbranched alkanes of at least 4 members (excludes halogenated alkanes) is 3. The number of hydrogen-bond donors (Lipinski definition) is 2. The van der Waals surface area contributed by atoms with Crippen LogP contribution in [0.3, 0.4) is 0 Å². The van der Waals surface area contributed by atoms with Crippen molar-refractivity contribution in [2.24, 2.45) is 0 Å². The molecule has 1 amide bonds. The predicted octanol–water partition coefficient (Wildman–Crippen LogP) is 9.80. The Bertz CT molecular complexity index is 2150. The molecule has 2 unspecified atom stereocenters. The van der Waals surface area contributed by atoms with E-state index in [1.165, 1.54) is 0 Å². The molecule has 314 valence electrons. The number of nitrogens with zero attached hydrogens (tertiary/aromatic N) is 1. The normalized spacial score (nSPS) is 13.7. The second kappa shape index (κ2) is 20.0. The molecule has 2 heterocycles. The van der Waals surface area contributed by atoms with Crippen molar-refractivity contribution >= 4 is 11.6 Å². The highest BCUT2D eigenvalue weighted by molar-refractivity contribution is 6.02. The van der Waals surface area contributed by atoms with E-state index in [2.05, 4.69) is 22.7 Å². The molecule has 2 atom stereocenters. The van der Waals surface area contributed by atoms with E-state index in [0.717, 1.165) is 72.9 Å². The standard InChI is InChI=1S/C46H55N3O10/c1-9-14-32(15-12-10-11-13-20-57-36-19-17-29(22-38(36)51-3)45-47-34-18-16-28(2)21-33(34)46(50)48-45)58-44-41(54-6)25-31(26-42(44)55-7)37-27-35(49-59-37)30-23-39(52-4)43(56-8)40(24-30)53-5/h16-19,21-27,32,45,47H,9-15,20H2,1-8H3,(H,48,50). The summed E-state index contributed by atoms with van der Waals surface area (Å²) in [6, 6.07) is 20.8. The lowest BCUT2D eigenvalue weighted by atomic mass is 10.0. The van der Waals surface area contributed by atoms with Crippen LogP contribution in [0.25, 0.3) is 22.6 Å². The number of anilines is 1. The number of fused-ring (bicyclic) bond motifs is 1. The number of hydrogen-bond acceptors (Lipinski definition) is 12. The van der Waals surface area contributed by atoms with Gasteiger partial charge in [0.05, 0.1) is 60.9 Å². The zero-order chi connectivity index (χ0) is 41.9. The van der Waals surface area contributed by atoms with Crippen LogP contribution in [0.15, 0.2) is 71.3 Å². The van der Waals surface area contributed by atoms with Crippen molar-refractivity contribution in [2.45, 2.75) is 71.1 Å². The molecule has 5 aromatic rings. The minimum absolute atomic E-state index is 0.0226. The van der Waals surface area contributed by atoms with E-state index in [0.29, 0.717) is 69.6 Å². The van der Waals surface area contributed by atoms with E-state index < -0.39 is 0 Å². The number of ether oxygens (including phenoxy) is 8. The number of rotatable bonds is 21. The maximum Gasteiger partial charge on any atom is 0.255 e. The van der Waals surface area contributed by atoms with Gasteiger partial charge in [-0.3, -0.25) is 4.79 Å². The van der Waals surface area contributed by atoms with Gasteiger partial charge in [-0.1, -0.05) is 49.0 Å². The zero-order valence-corrected chi connectivity index (χ0v) is 35.2. The molecule has 2 N–H and O–H groups in total. The quantitative estimate of drug-likeness (QED) is 0.0682. The number of carbonyl (C=O) groups excluding carboxylic acids is 1. The van der Waals surface area contributed by atoms with Crippen LogP contribution in [0, 0.1) is 6.92 Å². The summed E-state index contributed by atoms with van der Waals surface area (Å²) in [5.41, 5.74) is 5.40. The summed E-state index contributed by atoms with van der Waals surface area (Å²) in [6.07, 6.45) is 6.27. The van der Waals surface area contributed by atoms with Gasteiger partial charge in [-0.05, 0) is 86.7 Å². The van der Waals surface area contributed by atoms with Crippen LogP contribution in [0.4, 0.5) is 5.69 Å². The van der Waals surface area contributed by atoms with Crippen LogP contribution in [0.5, 0.6) is 46.0 Å². The monoisotopic (exact) mass is 809 g/mol. The molecule has 0 saturated carbocycles. The van der Waals surface area contributed by atoms with Gasteiger partial charge < -0.3 is 53.1 Å². The van der Waals surface area contributed by atoms with Gasteiger partial charge in [-0.2, -0.15) is 0 Å². The Balaban J connectivity index is 1.02. The van der Waals surface area contributed by atoms with Gasteiger partial charge in [0.2, 0.25) is 11.5 Å². The molecule has 1 aliphatic rings. The number of aromatic nitrogens is 1. The minimum atomic E-state index is -0.376. The third-order valence-corrected chi connectivity index (χ3v) is 10.3. The third-order valence-electron chi connectivity index (χ3n) is 10.3. The molecule has 6 rings (SSSR count). The molecular weight excluding hydrogens is 755 g/mol. The Morgan fingerprint density at radius 2 is 1.32 bits per heavy atom. The molecule has 13 heteroatoms. The molecule has 4 aromatic carbocycles. The molecule has 59 heavy (non-hydrogen) atoms. The molecular formula is C46H55N3O10. The van der Waals surface area contributed by atoms with E-state index in [4.69, 9.17) is 42.4 Å². The predicted molar refractivity (Wildman–Crippen MR) is 226 cm³/mol. The second-order valence-corrected chi connectivity index (χ2v) is 14.3. The fourth-order valence-corrected chi connectivity index (χ4v) is 7.20. The molecule has 0 radical (unpaired) electrons. The first-order chi connectivity index (χ1) is 28.7. The first-order valence-corrected chi connectivity index (χ1v) is 19.9. The summed E-state index contributed by atoms with van der Waals surface area (Å²) in [7, 11) is 9.55. The van der Waals surface area contributed by atoms with Gasteiger partial charge in [0.25, 0.3) is 5.91 Å². The third kappa shape index (κ3) is 9.90. The zero-order valence-electron chi connectivity index (χ0n) is 35.2. The van der Waals surface area contributed by atoms with Gasteiger partial charge in [0.1, 0.15) is 11.9 Å². The summed E-state index contributed by atoms with van der Waals surface area (Å²) in [4.78, 5) is 12.8. The van der Waals surface area contributed by atoms with Crippen LogP contribution in [0.1, 0.15) is 79.5 Å². The van der Waals surface area contributed by atoms with E-state index in [9.17, 15) is 4.79 Å². The maximum absolute atomic E-state index is 12.8. The highest BCUT2D eigenvalue weighted by Gasteiger charge is 2.26. The summed E-state index contributed by atoms with van der Waals surface area (Å²) in [5.74, 6) is 4.84. The largest absolute Gasteiger partial charge is 0.493 e. The number of carbonyl (C=O) groups is 1. The summed E-state index contributed by atoms with van der Waals surface area (Å²) in [6.45, 7) is 4.69. The van der Waals surface area contributed by atoms with Crippen LogP contribution in [-0.4, -0.2) is 66.4 Å². The molecule has 0 fully saturated rings. The number of methoxy groups -OCH3 is 6. The molecule has 0 saturated heterocycles. The topological polar surface area (TPSA) is 141 Å².